The fourth-order valence-electron chi connectivity index (χ4n) is 8.79. The minimum atomic E-state index is 0.918. The lowest BCUT2D eigenvalue weighted by atomic mass is 10.0. The van der Waals surface area contributed by atoms with Gasteiger partial charge in [-0.25, -0.2) is 0 Å². The molecule has 0 unspecified atom stereocenters. The number of benzene rings is 7. The maximum absolute atomic E-state index is 6.33. The van der Waals surface area contributed by atoms with Gasteiger partial charge in [0.25, 0.3) is 0 Å². The van der Waals surface area contributed by atoms with Crippen molar-refractivity contribution >= 4 is 82.6 Å². The van der Waals surface area contributed by atoms with Crippen LogP contribution < -0.4 is 0 Å². The predicted octanol–water partition coefficient (Wildman–Crippen LogP) is 13.2. The second-order valence-electron chi connectivity index (χ2n) is 14.0. The normalized spacial score (nSPS) is 13.2. The zero-order chi connectivity index (χ0) is 33.9. The highest BCUT2D eigenvalue weighted by Crippen LogP contribution is 2.41. The Balaban J connectivity index is 0.960. The topological polar surface area (TPSA) is 36.1 Å². The first-order chi connectivity index (χ1) is 25.8. The Hall–Kier alpha value is -6.78. The van der Waals surface area contributed by atoms with Crippen LogP contribution in [0.15, 0.2) is 161 Å². The summed E-state index contributed by atoms with van der Waals surface area (Å²) in [5.74, 6) is 1.00. The SMILES string of the molecule is C1=Cc2oc3cc4c5ccccc5n(-c5ccc(-c6ccc(-n7c8ccccc8c8cc9oc%10ccccc%10c9cc87)cc6)cc5)c4cc3c2CC1. The summed E-state index contributed by atoms with van der Waals surface area (Å²) < 4.78 is 17.4. The van der Waals surface area contributed by atoms with Gasteiger partial charge in [-0.2, -0.15) is 0 Å². The number of rotatable bonds is 3. The van der Waals surface area contributed by atoms with Gasteiger partial charge >= 0.3 is 0 Å². The molecule has 52 heavy (non-hydrogen) atoms. The lowest BCUT2D eigenvalue weighted by molar-refractivity contribution is 0.596. The number of aryl methyl sites for hydroxylation is 1. The van der Waals surface area contributed by atoms with E-state index in [1.54, 1.807) is 0 Å². The minimum absolute atomic E-state index is 0.918. The number of fused-ring (bicyclic) bond motifs is 12. The number of furan rings is 2. The third-order valence-corrected chi connectivity index (χ3v) is 11.2. The van der Waals surface area contributed by atoms with Crippen molar-refractivity contribution in [3.05, 3.63) is 163 Å². The van der Waals surface area contributed by atoms with Gasteiger partial charge in [-0.3, -0.25) is 0 Å². The molecule has 12 rings (SSSR count). The molecule has 4 heteroatoms. The van der Waals surface area contributed by atoms with Crippen LogP contribution in [0.4, 0.5) is 0 Å². The van der Waals surface area contributed by atoms with Crippen LogP contribution in [0.3, 0.4) is 0 Å². The molecule has 0 atom stereocenters. The molecule has 1 aliphatic carbocycles. The highest BCUT2D eigenvalue weighted by molar-refractivity contribution is 6.17. The largest absolute Gasteiger partial charge is 0.456 e. The van der Waals surface area contributed by atoms with Crippen molar-refractivity contribution in [1.82, 2.24) is 9.13 Å². The number of nitrogens with zero attached hydrogens (tertiary/aromatic N) is 2. The third kappa shape index (κ3) is 3.86. The van der Waals surface area contributed by atoms with Gasteiger partial charge in [0.2, 0.25) is 0 Å². The second kappa shape index (κ2) is 10.4. The summed E-state index contributed by atoms with van der Waals surface area (Å²) in [6, 6.07) is 52.7. The number of para-hydroxylation sites is 3. The van der Waals surface area contributed by atoms with Crippen molar-refractivity contribution in [3.8, 4) is 22.5 Å². The smallest absolute Gasteiger partial charge is 0.136 e. The molecule has 7 aromatic carbocycles. The maximum Gasteiger partial charge on any atom is 0.136 e. The predicted molar refractivity (Wildman–Crippen MR) is 215 cm³/mol. The number of allylic oxidation sites excluding steroid dienone is 1. The molecule has 0 spiro atoms. The van der Waals surface area contributed by atoms with Crippen molar-refractivity contribution in [3.63, 3.8) is 0 Å². The Bertz CT molecular complexity index is 3270. The summed E-state index contributed by atoms with van der Waals surface area (Å²) in [5, 5.41) is 8.35. The van der Waals surface area contributed by atoms with Crippen LogP contribution in [0, 0.1) is 0 Å². The molecule has 244 valence electrons. The fraction of sp³-hybridized carbons (Fsp3) is 0.0417. The van der Waals surface area contributed by atoms with Crippen LogP contribution >= 0.6 is 0 Å². The summed E-state index contributed by atoms with van der Waals surface area (Å²) in [7, 11) is 0. The van der Waals surface area contributed by atoms with Gasteiger partial charge in [-0.1, -0.05) is 84.9 Å². The summed E-state index contributed by atoms with van der Waals surface area (Å²) in [6.07, 6.45) is 6.40. The summed E-state index contributed by atoms with van der Waals surface area (Å²) in [4.78, 5) is 0. The van der Waals surface area contributed by atoms with Gasteiger partial charge in [0.1, 0.15) is 22.5 Å². The van der Waals surface area contributed by atoms with E-state index in [2.05, 4.69) is 155 Å². The maximum atomic E-state index is 6.33. The average molecular weight is 667 g/mol. The van der Waals surface area contributed by atoms with E-state index in [4.69, 9.17) is 8.83 Å². The number of hydrogen-bond acceptors (Lipinski definition) is 2. The standard InChI is InChI=1S/C48H30N2O2/c1-5-13-41-33(9-1)37-27-47-39(35-11-3-7-15-45(35)51-47)25-43(37)49(41)31-21-17-29(18-22-31)30-19-23-32(24-20-30)50-42-14-6-2-10-34(42)38-28-48-40(26-44(38)50)36-12-4-8-16-46(36)52-48/h1-3,5-11,13-28H,4,12H2. The molecule has 0 aliphatic heterocycles. The molecular weight excluding hydrogens is 637 g/mol. The molecule has 0 fully saturated rings. The van der Waals surface area contributed by atoms with Gasteiger partial charge in [-0.05, 0) is 96.8 Å². The van der Waals surface area contributed by atoms with E-state index in [0.29, 0.717) is 0 Å². The van der Waals surface area contributed by atoms with Crippen molar-refractivity contribution in [2.75, 3.05) is 0 Å². The van der Waals surface area contributed by atoms with E-state index in [0.717, 1.165) is 57.5 Å². The van der Waals surface area contributed by atoms with Crippen LogP contribution in [0.25, 0.3) is 105 Å². The second-order valence-corrected chi connectivity index (χ2v) is 14.0. The van der Waals surface area contributed by atoms with Crippen molar-refractivity contribution in [2.45, 2.75) is 12.8 Å². The first kappa shape index (κ1) is 28.0. The van der Waals surface area contributed by atoms with Crippen molar-refractivity contribution < 1.29 is 8.83 Å². The van der Waals surface area contributed by atoms with Crippen LogP contribution in [0.1, 0.15) is 17.7 Å². The Labute approximate surface area is 298 Å². The lowest BCUT2D eigenvalue weighted by Crippen LogP contribution is -1.95. The van der Waals surface area contributed by atoms with E-state index in [1.165, 1.54) is 65.7 Å². The molecular formula is C48H30N2O2. The third-order valence-electron chi connectivity index (χ3n) is 11.2. The molecule has 0 saturated heterocycles. The van der Waals surface area contributed by atoms with Gasteiger partial charge in [0.05, 0.1) is 22.1 Å². The molecule has 1 aliphatic rings. The van der Waals surface area contributed by atoms with Crippen LogP contribution in [0.2, 0.25) is 0 Å². The molecule has 4 heterocycles. The molecule has 0 N–H and O–H groups in total. The molecule has 0 radical (unpaired) electrons. The Morgan fingerprint density at radius 2 is 0.942 bits per heavy atom. The van der Waals surface area contributed by atoms with Gasteiger partial charge < -0.3 is 18.0 Å². The zero-order valence-corrected chi connectivity index (χ0v) is 28.1. The highest BCUT2D eigenvalue weighted by atomic mass is 16.3. The lowest BCUT2D eigenvalue weighted by Gasteiger charge is -2.11. The highest BCUT2D eigenvalue weighted by Gasteiger charge is 2.20. The minimum Gasteiger partial charge on any atom is -0.456 e. The molecule has 4 nitrogen and oxygen atoms in total. The molecule has 0 saturated carbocycles. The first-order valence-corrected chi connectivity index (χ1v) is 18.0. The molecule has 0 bridgehead atoms. The zero-order valence-electron chi connectivity index (χ0n) is 28.1. The van der Waals surface area contributed by atoms with Crippen LogP contribution in [-0.4, -0.2) is 9.13 Å². The number of aromatic nitrogens is 2. The van der Waals surface area contributed by atoms with Crippen molar-refractivity contribution in [1.29, 1.82) is 0 Å². The fourth-order valence-corrected chi connectivity index (χ4v) is 8.79. The monoisotopic (exact) mass is 666 g/mol. The molecule has 0 amide bonds. The summed E-state index contributed by atoms with van der Waals surface area (Å²) in [5.41, 5.74) is 13.5. The summed E-state index contributed by atoms with van der Waals surface area (Å²) in [6.45, 7) is 0. The van der Waals surface area contributed by atoms with Gasteiger partial charge in [0.15, 0.2) is 0 Å². The van der Waals surface area contributed by atoms with E-state index >= 15 is 0 Å². The van der Waals surface area contributed by atoms with Crippen LogP contribution in [0.5, 0.6) is 0 Å². The Morgan fingerprint density at radius 1 is 0.404 bits per heavy atom. The van der Waals surface area contributed by atoms with E-state index in [1.807, 2.05) is 12.1 Å². The van der Waals surface area contributed by atoms with Crippen LogP contribution in [-0.2, 0) is 6.42 Å². The molecule has 4 aromatic heterocycles. The number of hydrogen-bond donors (Lipinski definition) is 0. The Kier molecular flexibility index (Phi) is 5.58. The molecule has 11 aromatic rings. The van der Waals surface area contributed by atoms with Crippen molar-refractivity contribution in [2.24, 2.45) is 0 Å². The average Bonchev–Trinajstić information content (AvgIpc) is 3.94. The van der Waals surface area contributed by atoms with E-state index < -0.39 is 0 Å². The van der Waals surface area contributed by atoms with Gasteiger partial charge in [0, 0.05) is 54.6 Å². The van der Waals surface area contributed by atoms with E-state index in [9.17, 15) is 0 Å². The van der Waals surface area contributed by atoms with E-state index in [-0.39, 0.29) is 0 Å². The quantitative estimate of drug-likeness (QED) is 0.188. The van der Waals surface area contributed by atoms with Gasteiger partial charge in [-0.15, -0.1) is 0 Å². The summed E-state index contributed by atoms with van der Waals surface area (Å²) >= 11 is 0. The Morgan fingerprint density at radius 3 is 1.58 bits per heavy atom. The first-order valence-electron chi connectivity index (χ1n) is 18.0.